The van der Waals surface area contributed by atoms with Gasteiger partial charge in [-0.25, -0.2) is 4.79 Å². The summed E-state index contributed by atoms with van der Waals surface area (Å²) in [5.41, 5.74) is -0.630. The predicted octanol–water partition coefficient (Wildman–Crippen LogP) is 0.148. The van der Waals surface area contributed by atoms with E-state index in [4.69, 9.17) is 9.84 Å². The van der Waals surface area contributed by atoms with Crippen LogP contribution in [0.4, 0.5) is 0 Å². The summed E-state index contributed by atoms with van der Waals surface area (Å²) in [7, 11) is 1.55. The van der Waals surface area contributed by atoms with Crippen LogP contribution in [0.1, 0.15) is 19.3 Å². The summed E-state index contributed by atoms with van der Waals surface area (Å²) >= 11 is 0. The number of piperidine rings is 1. The number of hydrogen-bond donors (Lipinski definition) is 3. The topological polar surface area (TPSA) is 87.7 Å². The molecule has 3 N–H and O–H groups in total. The van der Waals surface area contributed by atoms with Gasteiger partial charge in [0.1, 0.15) is 6.04 Å². The van der Waals surface area contributed by atoms with Crippen molar-refractivity contribution in [2.24, 2.45) is 5.41 Å². The SMILES string of the molecule is C=CCC(NC(=O)C1(COC)CCNCC1)C(=O)O. The molecule has 0 aromatic rings. The zero-order chi connectivity index (χ0) is 14.3. The van der Waals surface area contributed by atoms with Gasteiger partial charge in [0, 0.05) is 7.11 Å². The van der Waals surface area contributed by atoms with Crippen LogP contribution in [0.3, 0.4) is 0 Å². The highest BCUT2D eigenvalue weighted by Crippen LogP contribution is 2.29. The smallest absolute Gasteiger partial charge is 0.326 e. The zero-order valence-corrected chi connectivity index (χ0v) is 11.3. The standard InChI is InChI=1S/C13H22N2O4/c1-3-4-10(11(16)17)15-12(18)13(9-19-2)5-7-14-8-6-13/h3,10,14H,1,4-9H2,2H3,(H,15,18)(H,16,17). The number of carbonyl (C=O) groups is 2. The van der Waals surface area contributed by atoms with Gasteiger partial charge in [-0.15, -0.1) is 6.58 Å². The molecule has 6 nitrogen and oxygen atoms in total. The maximum Gasteiger partial charge on any atom is 0.326 e. The molecule has 0 spiro atoms. The van der Waals surface area contributed by atoms with Gasteiger partial charge in [0.15, 0.2) is 0 Å². The molecule has 1 fully saturated rings. The molecule has 0 aromatic carbocycles. The summed E-state index contributed by atoms with van der Waals surface area (Å²) in [4.78, 5) is 23.4. The number of aliphatic carboxylic acids is 1. The Morgan fingerprint density at radius 1 is 1.53 bits per heavy atom. The summed E-state index contributed by atoms with van der Waals surface area (Å²) in [5.74, 6) is -1.29. The van der Waals surface area contributed by atoms with Crippen molar-refractivity contribution in [2.45, 2.75) is 25.3 Å². The van der Waals surface area contributed by atoms with Crippen molar-refractivity contribution >= 4 is 11.9 Å². The maximum absolute atomic E-state index is 12.4. The van der Waals surface area contributed by atoms with Crippen LogP contribution in [0.25, 0.3) is 0 Å². The first-order chi connectivity index (χ1) is 9.05. The summed E-state index contributed by atoms with van der Waals surface area (Å²) in [6.07, 6.45) is 2.99. The normalized spacial score (nSPS) is 19.4. The van der Waals surface area contributed by atoms with Gasteiger partial charge in [-0.05, 0) is 32.4 Å². The predicted molar refractivity (Wildman–Crippen MR) is 70.8 cm³/mol. The number of carbonyl (C=O) groups excluding carboxylic acids is 1. The number of rotatable bonds is 7. The van der Waals surface area contributed by atoms with Gasteiger partial charge >= 0.3 is 5.97 Å². The van der Waals surface area contributed by atoms with Crippen LogP contribution in [0.15, 0.2) is 12.7 Å². The number of nitrogens with one attached hydrogen (secondary N) is 2. The average Bonchev–Trinajstić information content (AvgIpc) is 2.39. The Bertz CT molecular complexity index is 332. The molecule has 0 saturated carbocycles. The molecule has 1 amide bonds. The molecule has 1 rings (SSSR count). The van der Waals surface area contributed by atoms with Gasteiger partial charge in [0.05, 0.1) is 12.0 Å². The van der Waals surface area contributed by atoms with E-state index in [2.05, 4.69) is 17.2 Å². The number of carboxylic acid groups (broad SMARTS) is 1. The second kappa shape index (κ2) is 7.25. The van der Waals surface area contributed by atoms with Gasteiger partial charge in [0.25, 0.3) is 0 Å². The van der Waals surface area contributed by atoms with Crippen molar-refractivity contribution in [3.8, 4) is 0 Å². The van der Waals surface area contributed by atoms with Crippen LogP contribution in [0.2, 0.25) is 0 Å². The minimum atomic E-state index is -1.05. The molecule has 1 heterocycles. The van der Waals surface area contributed by atoms with Crippen LogP contribution >= 0.6 is 0 Å². The van der Waals surface area contributed by atoms with E-state index in [0.717, 1.165) is 13.1 Å². The third-order valence-corrected chi connectivity index (χ3v) is 3.47. The molecule has 1 atom stereocenters. The summed E-state index contributed by atoms with van der Waals surface area (Å²) in [6.45, 7) is 5.28. The third kappa shape index (κ3) is 4.04. The second-order valence-electron chi connectivity index (χ2n) is 4.85. The second-order valence-corrected chi connectivity index (χ2v) is 4.85. The van der Waals surface area contributed by atoms with Crippen LogP contribution in [-0.2, 0) is 14.3 Å². The highest BCUT2D eigenvalue weighted by atomic mass is 16.5. The monoisotopic (exact) mass is 270 g/mol. The largest absolute Gasteiger partial charge is 0.480 e. The fourth-order valence-corrected chi connectivity index (χ4v) is 2.32. The van der Waals surface area contributed by atoms with Crippen molar-refractivity contribution in [3.63, 3.8) is 0 Å². The van der Waals surface area contributed by atoms with Gasteiger partial charge in [-0.3, -0.25) is 4.79 Å². The fourth-order valence-electron chi connectivity index (χ4n) is 2.32. The van der Waals surface area contributed by atoms with Crippen LogP contribution < -0.4 is 10.6 Å². The number of carboxylic acids is 1. The van der Waals surface area contributed by atoms with Crippen molar-refractivity contribution in [1.82, 2.24) is 10.6 Å². The quantitative estimate of drug-likeness (QED) is 0.573. The number of ether oxygens (including phenoxy) is 1. The van der Waals surface area contributed by atoms with E-state index in [-0.39, 0.29) is 12.3 Å². The molecule has 108 valence electrons. The third-order valence-electron chi connectivity index (χ3n) is 3.47. The minimum absolute atomic E-state index is 0.211. The van der Waals surface area contributed by atoms with Crippen molar-refractivity contribution in [1.29, 1.82) is 0 Å². The van der Waals surface area contributed by atoms with Gasteiger partial charge in [-0.2, -0.15) is 0 Å². The molecule has 0 bridgehead atoms. The van der Waals surface area contributed by atoms with E-state index >= 15 is 0 Å². The lowest BCUT2D eigenvalue weighted by molar-refractivity contribution is -0.145. The Balaban J connectivity index is 2.75. The zero-order valence-electron chi connectivity index (χ0n) is 11.3. The molecular weight excluding hydrogens is 248 g/mol. The van der Waals surface area contributed by atoms with Gasteiger partial charge in [-0.1, -0.05) is 6.08 Å². The molecule has 0 aliphatic carbocycles. The van der Waals surface area contributed by atoms with E-state index in [1.807, 2.05) is 0 Å². The first-order valence-corrected chi connectivity index (χ1v) is 6.40. The van der Waals surface area contributed by atoms with Crippen molar-refractivity contribution in [2.75, 3.05) is 26.8 Å². The van der Waals surface area contributed by atoms with Gasteiger partial charge < -0.3 is 20.5 Å². The number of methoxy groups -OCH3 is 1. The summed E-state index contributed by atoms with van der Waals surface area (Å²) in [6, 6.07) is -0.923. The molecule has 0 radical (unpaired) electrons. The first kappa shape index (κ1) is 15.7. The summed E-state index contributed by atoms with van der Waals surface area (Å²) in [5, 5.41) is 14.8. The molecular formula is C13H22N2O4. The summed E-state index contributed by atoms with van der Waals surface area (Å²) < 4.78 is 5.15. The van der Waals surface area contributed by atoms with Crippen molar-refractivity contribution < 1.29 is 19.4 Å². The lowest BCUT2D eigenvalue weighted by Gasteiger charge is -2.36. The van der Waals surface area contributed by atoms with E-state index in [9.17, 15) is 9.59 Å². The Morgan fingerprint density at radius 3 is 2.63 bits per heavy atom. The minimum Gasteiger partial charge on any atom is -0.480 e. The maximum atomic E-state index is 12.4. The van der Waals surface area contributed by atoms with Crippen molar-refractivity contribution in [3.05, 3.63) is 12.7 Å². The van der Waals surface area contributed by atoms with Crippen LogP contribution in [0.5, 0.6) is 0 Å². The van der Waals surface area contributed by atoms with Crippen LogP contribution in [-0.4, -0.2) is 49.8 Å². The molecule has 1 aliphatic rings. The molecule has 0 aromatic heterocycles. The average molecular weight is 270 g/mol. The highest BCUT2D eigenvalue weighted by molar-refractivity contribution is 5.87. The van der Waals surface area contributed by atoms with Gasteiger partial charge in [0.2, 0.25) is 5.91 Å². The first-order valence-electron chi connectivity index (χ1n) is 6.40. The van der Waals surface area contributed by atoms with Crippen LogP contribution in [0, 0.1) is 5.41 Å². The Morgan fingerprint density at radius 2 is 2.16 bits per heavy atom. The Hall–Kier alpha value is -1.40. The Kier molecular flexibility index (Phi) is 5.98. The van der Waals surface area contributed by atoms with E-state index in [1.165, 1.54) is 6.08 Å². The Labute approximate surface area is 113 Å². The molecule has 6 heteroatoms. The highest BCUT2D eigenvalue weighted by Gasteiger charge is 2.40. The fraction of sp³-hybridized carbons (Fsp3) is 0.692. The molecule has 1 saturated heterocycles. The lowest BCUT2D eigenvalue weighted by Crippen LogP contribution is -2.53. The molecule has 1 unspecified atom stereocenters. The number of amides is 1. The number of hydrogen-bond acceptors (Lipinski definition) is 4. The van der Waals surface area contributed by atoms with E-state index < -0.39 is 17.4 Å². The lowest BCUT2D eigenvalue weighted by atomic mass is 9.78. The van der Waals surface area contributed by atoms with E-state index in [0.29, 0.717) is 19.4 Å². The molecule has 19 heavy (non-hydrogen) atoms. The molecule has 1 aliphatic heterocycles. The van der Waals surface area contributed by atoms with E-state index in [1.54, 1.807) is 7.11 Å².